The average Bonchev–Trinajstić information content (AvgIpc) is 2.61. The van der Waals surface area contributed by atoms with E-state index in [0.29, 0.717) is 0 Å². The molecule has 0 fully saturated rings. The number of nitrogens with one attached hydrogen (secondary N) is 1. The highest BCUT2D eigenvalue weighted by Crippen LogP contribution is 2.11. The lowest BCUT2D eigenvalue weighted by atomic mass is 10.1. The van der Waals surface area contributed by atoms with E-state index in [4.69, 9.17) is 0 Å². The van der Waals surface area contributed by atoms with Crippen molar-refractivity contribution in [1.82, 2.24) is 15.1 Å². The van der Waals surface area contributed by atoms with Crippen molar-refractivity contribution in [2.45, 2.75) is 84.5 Å². The number of hydrogen-bond donors (Lipinski definition) is 1. The van der Waals surface area contributed by atoms with Crippen LogP contribution in [0.1, 0.15) is 84.5 Å². The Labute approximate surface area is 169 Å². The first-order chi connectivity index (χ1) is 13.0. The standard InChI is InChI=1S/C23H47N3O/c1-6-7-8-9-10-11-12-16-22(2)21-23(27)24-17-15-20-26(5)19-14-13-18-25(3)4/h21H,6-20H2,1-5H3,(H,24,27)/b22-21-. The summed E-state index contributed by atoms with van der Waals surface area (Å²) in [5, 5.41) is 3.03. The summed E-state index contributed by atoms with van der Waals surface area (Å²) in [4.78, 5) is 16.6. The van der Waals surface area contributed by atoms with Gasteiger partial charge in [0.15, 0.2) is 0 Å². The van der Waals surface area contributed by atoms with Crippen molar-refractivity contribution >= 4 is 5.91 Å². The summed E-state index contributed by atoms with van der Waals surface area (Å²) >= 11 is 0. The summed E-state index contributed by atoms with van der Waals surface area (Å²) in [5.74, 6) is 0.0732. The smallest absolute Gasteiger partial charge is 0.243 e. The Morgan fingerprint density at radius 3 is 2.07 bits per heavy atom. The van der Waals surface area contributed by atoms with Gasteiger partial charge in [-0.05, 0) is 79.8 Å². The Bertz CT molecular complexity index is 380. The fourth-order valence-electron chi connectivity index (χ4n) is 3.19. The van der Waals surface area contributed by atoms with Crippen molar-refractivity contribution in [3.05, 3.63) is 11.6 Å². The van der Waals surface area contributed by atoms with Crippen LogP contribution < -0.4 is 5.32 Å². The zero-order chi connectivity index (χ0) is 20.3. The molecule has 27 heavy (non-hydrogen) atoms. The molecule has 1 N–H and O–H groups in total. The number of carbonyl (C=O) groups excluding carboxylic acids is 1. The molecule has 0 heterocycles. The molecule has 0 bridgehead atoms. The highest BCUT2D eigenvalue weighted by Gasteiger charge is 2.01. The van der Waals surface area contributed by atoms with Gasteiger partial charge >= 0.3 is 0 Å². The zero-order valence-corrected chi connectivity index (χ0v) is 19.0. The lowest BCUT2D eigenvalue weighted by molar-refractivity contribution is -0.116. The second-order valence-corrected chi connectivity index (χ2v) is 8.32. The summed E-state index contributed by atoms with van der Waals surface area (Å²) in [7, 11) is 6.41. The average molecular weight is 382 g/mol. The number of nitrogens with zero attached hydrogens (tertiary/aromatic N) is 2. The molecule has 0 atom stereocenters. The third kappa shape index (κ3) is 19.7. The Morgan fingerprint density at radius 2 is 1.41 bits per heavy atom. The lowest BCUT2D eigenvalue weighted by Crippen LogP contribution is -2.28. The van der Waals surface area contributed by atoms with Crippen LogP contribution in [-0.2, 0) is 4.79 Å². The molecular weight excluding hydrogens is 334 g/mol. The molecule has 0 saturated heterocycles. The van der Waals surface area contributed by atoms with Gasteiger partial charge in [-0.15, -0.1) is 0 Å². The SMILES string of the molecule is CCCCCCCCC/C(C)=C\C(=O)NCCCN(C)CCCCN(C)C. The number of rotatable bonds is 18. The molecular formula is C23H47N3O. The molecule has 0 aliphatic carbocycles. The van der Waals surface area contributed by atoms with E-state index in [9.17, 15) is 4.79 Å². The summed E-state index contributed by atoms with van der Waals surface area (Å²) in [6.45, 7) is 8.45. The van der Waals surface area contributed by atoms with Gasteiger partial charge in [-0.25, -0.2) is 0 Å². The minimum atomic E-state index is 0.0732. The normalized spacial score (nSPS) is 12.2. The van der Waals surface area contributed by atoms with Crippen LogP contribution in [0.5, 0.6) is 0 Å². The molecule has 0 aromatic rings. The number of carbonyl (C=O) groups is 1. The molecule has 0 spiro atoms. The lowest BCUT2D eigenvalue weighted by Gasteiger charge is -2.17. The van der Waals surface area contributed by atoms with Gasteiger partial charge in [-0.1, -0.05) is 51.0 Å². The third-order valence-corrected chi connectivity index (χ3v) is 4.96. The molecule has 0 aliphatic heterocycles. The van der Waals surface area contributed by atoms with Gasteiger partial charge in [0.2, 0.25) is 5.91 Å². The quantitative estimate of drug-likeness (QED) is 0.272. The molecule has 0 aromatic carbocycles. The van der Waals surface area contributed by atoms with Crippen molar-refractivity contribution in [3.63, 3.8) is 0 Å². The van der Waals surface area contributed by atoms with Crippen LogP contribution in [0.25, 0.3) is 0 Å². The first kappa shape index (κ1) is 26.1. The largest absolute Gasteiger partial charge is 0.353 e. The fourth-order valence-corrected chi connectivity index (χ4v) is 3.19. The first-order valence-electron chi connectivity index (χ1n) is 11.2. The fraction of sp³-hybridized carbons (Fsp3) is 0.870. The van der Waals surface area contributed by atoms with Gasteiger partial charge in [-0.2, -0.15) is 0 Å². The van der Waals surface area contributed by atoms with E-state index in [1.807, 2.05) is 0 Å². The van der Waals surface area contributed by atoms with Gasteiger partial charge in [-0.3, -0.25) is 4.79 Å². The van der Waals surface area contributed by atoms with Gasteiger partial charge in [0, 0.05) is 12.6 Å². The maximum Gasteiger partial charge on any atom is 0.243 e. The van der Waals surface area contributed by atoms with Crippen LogP contribution in [-0.4, -0.2) is 63.0 Å². The topological polar surface area (TPSA) is 35.6 Å². The maximum absolute atomic E-state index is 12.0. The Morgan fingerprint density at radius 1 is 0.815 bits per heavy atom. The summed E-state index contributed by atoms with van der Waals surface area (Å²) in [6, 6.07) is 0. The van der Waals surface area contributed by atoms with E-state index in [1.165, 1.54) is 63.4 Å². The van der Waals surface area contributed by atoms with E-state index in [-0.39, 0.29) is 5.91 Å². The molecule has 0 radical (unpaired) electrons. The van der Waals surface area contributed by atoms with Crippen molar-refractivity contribution in [2.75, 3.05) is 47.3 Å². The van der Waals surface area contributed by atoms with Crippen LogP contribution >= 0.6 is 0 Å². The van der Waals surface area contributed by atoms with Crippen molar-refractivity contribution in [1.29, 1.82) is 0 Å². The highest BCUT2D eigenvalue weighted by atomic mass is 16.1. The van der Waals surface area contributed by atoms with Crippen LogP contribution in [0.3, 0.4) is 0 Å². The van der Waals surface area contributed by atoms with E-state index in [2.05, 4.69) is 50.1 Å². The van der Waals surface area contributed by atoms with E-state index in [1.54, 1.807) is 6.08 Å². The monoisotopic (exact) mass is 381 g/mol. The number of unbranched alkanes of at least 4 members (excludes halogenated alkanes) is 7. The van der Waals surface area contributed by atoms with Crippen LogP contribution in [0, 0.1) is 0 Å². The molecule has 0 aliphatic rings. The van der Waals surface area contributed by atoms with E-state index < -0.39 is 0 Å². The Kier molecular flexibility index (Phi) is 17.9. The number of hydrogen-bond acceptors (Lipinski definition) is 3. The molecule has 0 aromatic heterocycles. The van der Waals surface area contributed by atoms with Crippen LogP contribution in [0.4, 0.5) is 0 Å². The molecule has 1 amide bonds. The predicted molar refractivity (Wildman–Crippen MR) is 119 cm³/mol. The van der Waals surface area contributed by atoms with Crippen LogP contribution in [0.2, 0.25) is 0 Å². The van der Waals surface area contributed by atoms with Gasteiger partial charge in [0.25, 0.3) is 0 Å². The number of amides is 1. The second-order valence-electron chi connectivity index (χ2n) is 8.32. The van der Waals surface area contributed by atoms with E-state index >= 15 is 0 Å². The zero-order valence-electron chi connectivity index (χ0n) is 19.0. The summed E-state index contributed by atoms with van der Waals surface area (Å²) in [6.07, 6.45) is 15.6. The minimum Gasteiger partial charge on any atom is -0.353 e. The molecule has 160 valence electrons. The maximum atomic E-state index is 12.0. The minimum absolute atomic E-state index is 0.0732. The van der Waals surface area contributed by atoms with Crippen molar-refractivity contribution < 1.29 is 4.79 Å². The molecule has 0 unspecified atom stereocenters. The van der Waals surface area contributed by atoms with Gasteiger partial charge in [0.05, 0.1) is 0 Å². The van der Waals surface area contributed by atoms with E-state index in [0.717, 1.165) is 39.0 Å². The van der Waals surface area contributed by atoms with Crippen molar-refractivity contribution in [3.8, 4) is 0 Å². The summed E-state index contributed by atoms with van der Waals surface area (Å²) in [5.41, 5.74) is 1.21. The molecule has 4 heteroatoms. The Hall–Kier alpha value is -0.870. The summed E-state index contributed by atoms with van der Waals surface area (Å²) < 4.78 is 0. The van der Waals surface area contributed by atoms with Crippen LogP contribution in [0.15, 0.2) is 11.6 Å². The highest BCUT2D eigenvalue weighted by molar-refractivity contribution is 5.88. The van der Waals surface area contributed by atoms with Gasteiger partial charge in [0.1, 0.15) is 0 Å². The second kappa shape index (κ2) is 18.5. The Balaban J connectivity index is 3.61. The van der Waals surface area contributed by atoms with Crippen molar-refractivity contribution in [2.24, 2.45) is 0 Å². The first-order valence-corrected chi connectivity index (χ1v) is 11.2. The number of allylic oxidation sites excluding steroid dienone is 1. The predicted octanol–water partition coefficient (Wildman–Crippen LogP) is 4.85. The molecule has 4 nitrogen and oxygen atoms in total. The molecule has 0 rings (SSSR count). The van der Waals surface area contributed by atoms with Gasteiger partial charge < -0.3 is 15.1 Å². The third-order valence-electron chi connectivity index (χ3n) is 4.96. The molecule has 0 saturated carbocycles.